The van der Waals surface area contributed by atoms with Crippen LogP contribution in [0.25, 0.3) is 11.4 Å². The Hall–Kier alpha value is -0.110. The van der Waals surface area contributed by atoms with Crippen molar-refractivity contribution in [2.75, 3.05) is 0 Å². The number of nitrogens with zero attached hydrogens (tertiary/aromatic N) is 2. The van der Waals surface area contributed by atoms with Crippen LogP contribution in [0.15, 0.2) is 30.3 Å². The first-order valence-corrected chi connectivity index (χ1v) is 7.88. The van der Waals surface area contributed by atoms with Gasteiger partial charge in [-0.15, -0.1) is 0 Å². The molecule has 0 bridgehead atoms. The number of benzene rings is 1. The molecule has 0 saturated heterocycles. The van der Waals surface area contributed by atoms with E-state index in [4.69, 9.17) is 4.98 Å². The van der Waals surface area contributed by atoms with Crippen LogP contribution in [0.5, 0.6) is 0 Å². The van der Waals surface area contributed by atoms with Crippen LogP contribution in [0.4, 0.5) is 0 Å². The van der Waals surface area contributed by atoms with E-state index in [0.29, 0.717) is 0 Å². The Morgan fingerprint density at radius 2 is 1.88 bits per heavy atom. The van der Waals surface area contributed by atoms with Gasteiger partial charge in [-0.05, 0) is 63.9 Å². The van der Waals surface area contributed by atoms with Gasteiger partial charge < -0.3 is 4.57 Å². The van der Waals surface area contributed by atoms with Crippen molar-refractivity contribution in [3.8, 4) is 11.4 Å². The zero-order chi connectivity index (χ0) is 11.8. The van der Waals surface area contributed by atoms with Crippen molar-refractivity contribution in [2.24, 2.45) is 5.92 Å². The Morgan fingerprint density at radius 1 is 1.18 bits per heavy atom. The third-order valence-electron chi connectivity index (χ3n) is 3.04. The lowest BCUT2D eigenvalue weighted by atomic mass is 10.2. The van der Waals surface area contributed by atoms with Crippen LogP contribution >= 0.6 is 45.2 Å². The molecule has 0 unspecified atom stereocenters. The van der Waals surface area contributed by atoms with Crippen LogP contribution in [-0.2, 0) is 6.54 Å². The van der Waals surface area contributed by atoms with Gasteiger partial charge in [0, 0.05) is 12.1 Å². The highest BCUT2D eigenvalue weighted by molar-refractivity contribution is 14.1. The van der Waals surface area contributed by atoms with Gasteiger partial charge in [0.2, 0.25) is 0 Å². The lowest BCUT2D eigenvalue weighted by Gasteiger charge is -2.08. The van der Waals surface area contributed by atoms with Gasteiger partial charge in [-0.2, -0.15) is 0 Å². The Labute approximate surface area is 128 Å². The maximum absolute atomic E-state index is 4.70. The third-order valence-corrected chi connectivity index (χ3v) is 5.91. The molecule has 0 amide bonds. The van der Waals surface area contributed by atoms with E-state index in [1.54, 1.807) is 0 Å². The van der Waals surface area contributed by atoms with Crippen molar-refractivity contribution in [1.82, 2.24) is 9.55 Å². The molecule has 1 saturated carbocycles. The molecular weight excluding hydrogens is 438 g/mol. The predicted octanol–water partition coefficient (Wildman–Crippen LogP) is 4.17. The van der Waals surface area contributed by atoms with Gasteiger partial charge in [0.1, 0.15) is 13.2 Å². The molecule has 0 N–H and O–H groups in total. The summed E-state index contributed by atoms with van der Waals surface area (Å²) >= 11 is 4.73. The van der Waals surface area contributed by atoms with Gasteiger partial charge in [0.25, 0.3) is 0 Å². The van der Waals surface area contributed by atoms with E-state index in [2.05, 4.69) is 74.0 Å². The highest BCUT2D eigenvalue weighted by Gasteiger charge is 2.25. The summed E-state index contributed by atoms with van der Waals surface area (Å²) in [4.78, 5) is 4.70. The lowest BCUT2D eigenvalue weighted by Crippen LogP contribution is -2.04. The van der Waals surface area contributed by atoms with Crippen molar-refractivity contribution in [3.63, 3.8) is 0 Å². The standard InChI is InChI=1S/C13H12I2N2/c14-11-12(15)17(8-9-6-7-9)13(16-11)10-4-2-1-3-5-10/h1-5,9H,6-8H2. The molecule has 1 fully saturated rings. The maximum atomic E-state index is 4.70. The fraction of sp³-hybridized carbons (Fsp3) is 0.308. The molecule has 1 aliphatic rings. The van der Waals surface area contributed by atoms with Crippen molar-refractivity contribution in [3.05, 3.63) is 37.7 Å². The van der Waals surface area contributed by atoms with Crippen molar-refractivity contribution < 1.29 is 0 Å². The predicted molar refractivity (Wildman–Crippen MR) is 85.8 cm³/mol. The average molecular weight is 450 g/mol. The Bertz CT molecular complexity index is 530. The van der Waals surface area contributed by atoms with Gasteiger partial charge >= 0.3 is 0 Å². The van der Waals surface area contributed by atoms with Crippen LogP contribution in [0.1, 0.15) is 12.8 Å². The second-order valence-corrected chi connectivity index (χ2v) is 6.48. The van der Waals surface area contributed by atoms with Crippen LogP contribution in [0.3, 0.4) is 0 Å². The smallest absolute Gasteiger partial charge is 0.142 e. The number of imidazole rings is 1. The minimum absolute atomic E-state index is 0.871. The SMILES string of the molecule is Ic1nc(-c2ccccc2)n(CC2CC2)c1I. The van der Waals surface area contributed by atoms with Crippen molar-refractivity contribution in [2.45, 2.75) is 19.4 Å². The summed E-state index contributed by atoms with van der Waals surface area (Å²) in [5.41, 5.74) is 1.22. The molecule has 0 aliphatic heterocycles. The Morgan fingerprint density at radius 3 is 2.53 bits per heavy atom. The zero-order valence-corrected chi connectivity index (χ0v) is 13.6. The second-order valence-electron chi connectivity index (χ2n) is 4.44. The molecule has 2 nitrogen and oxygen atoms in total. The van der Waals surface area contributed by atoms with Gasteiger partial charge in [-0.1, -0.05) is 30.3 Å². The Kier molecular flexibility index (Phi) is 3.43. The monoisotopic (exact) mass is 450 g/mol. The molecular formula is C13H12I2N2. The summed E-state index contributed by atoms with van der Waals surface area (Å²) in [6, 6.07) is 10.5. The van der Waals surface area contributed by atoms with Gasteiger partial charge in [0.15, 0.2) is 0 Å². The molecule has 0 atom stereocenters. The zero-order valence-electron chi connectivity index (χ0n) is 9.24. The quantitative estimate of drug-likeness (QED) is 0.643. The molecule has 1 aromatic heterocycles. The van der Waals surface area contributed by atoms with Crippen LogP contribution in [0, 0.1) is 13.3 Å². The fourth-order valence-electron chi connectivity index (χ4n) is 1.94. The largest absolute Gasteiger partial charge is 0.318 e. The molecule has 88 valence electrons. The summed E-state index contributed by atoms with van der Waals surface area (Å²) in [6.07, 6.45) is 2.75. The molecule has 1 heterocycles. The van der Waals surface area contributed by atoms with Gasteiger partial charge in [-0.3, -0.25) is 0 Å². The van der Waals surface area contributed by atoms with E-state index in [1.807, 2.05) is 6.07 Å². The number of hydrogen-bond acceptors (Lipinski definition) is 1. The first-order chi connectivity index (χ1) is 8.25. The van der Waals surface area contributed by atoms with E-state index in [-0.39, 0.29) is 0 Å². The number of aromatic nitrogens is 2. The summed E-state index contributed by atoms with van der Waals surface area (Å²) in [5.74, 6) is 1.99. The van der Waals surface area contributed by atoms with E-state index < -0.39 is 0 Å². The van der Waals surface area contributed by atoms with E-state index in [1.165, 1.54) is 22.1 Å². The fourth-order valence-corrected chi connectivity index (χ4v) is 3.00. The minimum Gasteiger partial charge on any atom is -0.318 e. The van der Waals surface area contributed by atoms with Crippen LogP contribution < -0.4 is 0 Å². The summed E-state index contributed by atoms with van der Waals surface area (Å²) in [6.45, 7) is 1.12. The average Bonchev–Trinajstić information content (AvgIpc) is 3.13. The first-order valence-electron chi connectivity index (χ1n) is 5.72. The molecule has 1 aromatic carbocycles. The van der Waals surface area contributed by atoms with Gasteiger partial charge in [-0.25, -0.2) is 4.98 Å². The van der Waals surface area contributed by atoms with Crippen molar-refractivity contribution in [1.29, 1.82) is 0 Å². The molecule has 17 heavy (non-hydrogen) atoms. The second kappa shape index (κ2) is 4.87. The van der Waals surface area contributed by atoms with E-state index >= 15 is 0 Å². The summed E-state index contributed by atoms with van der Waals surface area (Å²) < 4.78 is 4.76. The summed E-state index contributed by atoms with van der Waals surface area (Å²) in [5, 5.41) is 0. The minimum atomic E-state index is 0.871. The third kappa shape index (κ3) is 2.52. The first kappa shape index (κ1) is 12.0. The van der Waals surface area contributed by atoms with E-state index in [9.17, 15) is 0 Å². The molecule has 2 aromatic rings. The summed E-state index contributed by atoms with van der Waals surface area (Å²) in [7, 11) is 0. The van der Waals surface area contributed by atoms with E-state index in [0.717, 1.165) is 22.0 Å². The lowest BCUT2D eigenvalue weighted by molar-refractivity contribution is 0.621. The molecule has 4 heteroatoms. The molecule has 3 rings (SSSR count). The van der Waals surface area contributed by atoms with Crippen LogP contribution in [0.2, 0.25) is 0 Å². The molecule has 0 radical (unpaired) electrons. The van der Waals surface area contributed by atoms with Crippen LogP contribution in [-0.4, -0.2) is 9.55 Å². The normalized spacial score (nSPS) is 15.2. The Balaban J connectivity index is 2.05. The number of halogens is 2. The molecule has 1 aliphatic carbocycles. The molecule has 0 spiro atoms. The maximum Gasteiger partial charge on any atom is 0.142 e. The van der Waals surface area contributed by atoms with Crippen molar-refractivity contribution >= 4 is 45.2 Å². The van der Waals surface area contributed by atoms with Gasteiger partial charge in [0.05, 0.1) is 0 Å². The number of rotatable bonds is 3. The topological polar surface area (TPSA) is 17.8 Å². The highest BCUT2D eigenvalue weighted by Crippen LogP contribution is 2.34. The number of hydrogen-bond donors (Lipinski definition) is 0. The highest BCUT2D eigenvalue weighted by atomic mass is 127.